The summed E-state index contributed by atoms with van der Waals surface area (Å²) in [4.78, 5) is 30.8. The predicted molar refractivity (Wildman–Crippen MR) is 103 cm³/mol. The minimum absolute atomic E-state index is 0.0105. The van der Waals surface area contributed by atoms with Crippen LogP contribution in [0.25, 0.3) is 0 Å². The number of likely N-dealkylation sites (N-methyl/N-ethyl adjacent to an activating group) is 1. The van der Waals surface area contributed by atoms with Crippen molar-refractivity contribution >= 4 is 12.0 Å². The number of piperidine rings is 1. The Morgan fingerprint density at radius 2 is 2.07 bits per heavy atom. The van der Waals surface area contributed by atoms with Gasteiger partial charge in [-0.15, -0.1) is 0 Å². The number of amides is 2. The van der Waals surface area contributed by atoms with Gasteiger partial charge in [-0.3, -0.25) is 19.3 Å². The van der Waals surface area contributed by atoms with Gasteiger partial charge in [0.05, 0.1) is 38.2 Å². The lowest BCUT2D eigenvalue weighted by Crippen LogP contribution is -2.54. The van der Waals surface area contributed by atoms with E-state index >= 15 is 0 Å². The SMILES string of the molecule is COCCN(C)Cc1cc2n(n1)CCN(C(=O)[C@@H]1CCCCN1C(=O)OC)C2. The first-order chi connectivity index (χ1) is 13.5. The van der Waals surface area contributed by atoms with Crippen molar-refractivity contribution in [1.82, 2.24) is 24.5 Å². The minimum Gasteiger partial charge on any atom is -0.453 e. The van der Waals surface area contributed by atoms with E-state index < -0.39 is 12.1 Å². The fourth-order valence-electron chi connectivity index (χ4n) is 3.93. The summed E-state index contributed by atoms with van der Waals surface area (Å²) in [6, 6.07) is 1.65. The number of fused-ring (bicyclic) bond motifs is 1. The molecule has 1 atom stereocenters. The van der Waals surface area contributed by atoms with Gasteiger partial charge in [-0.25, -0.2) is 4.79 Å². The molecule has 1 aromatic rings. The second-order valence-corrected chi connectivity index (χ2v) is 7.52. The van der Waals surface area contributed by atoms with E-state index in [-0.39, 0.29) is 5.91 Å². The summed E-state index contributed by atoms with van der Waals surface area (Å²) in [5, 5.41) is 4.67. The zero-order valence-corrected chi connectivity index (χ0v) is 17.1. The molecule has 0 spiro atoms. The summed E-state index contributed by atoms with van der Waals surface area (Å²) in [6.07, 6.45) is 2.14. The van der Waals surface area contributed by atoms with Gasteiger partial charge in [0.2, 0.25) is 5.91 Å². The first kappa shape index (κ1) is 20.6. The van der Waals surface area contributed by atoms with E-state index in [9.17, 15) is 9.59 Å². The van der Waals surface area contributed by atoms with Gasteiger partial charge in [0.15, 0.2) is 0 Å². The highest BCUT2D eigenvalue weighted by atomic mass is 16.5. The number of nitrogens with zero attached hydrogens (tertiary/aromatic N) is 5. The Labute approximate surface area is 166 Å². The molecule has 0 unspecified atom stereocenters. The van der Waals surface area contributed by atoms with Gasteiger partial charge in [0.1, 0.15) is 6.04 Å². The van der Waals surface area contributed by atoms with Gasteiger partial charge in [-0.2, -0.15) is 5.10 Å². The van der Waals surface area contributed by atoms with Crippen molar-refractivity contribution in [3.8, 4) is 0 Å². The first-order valence-electron chi connectivity index (χ1n) is 9.90. The second-order valence-electron chi connectivity index (χ2n) is 7.52. The van der Waals surface area contributed by atoms with Crippen LogP contribution in [-0.2, 0) is 33.9 Å². The average molecular weight is 393 g/mol. The molecule has 2 amide bonds. The summed E-state index contributed by atoms with van der Waals surface area (Å²) >= 11 is 0. The first-order valence-corrected chi connectivity index (χ1v) is 9.90. The molecule has 0 bridgehead atoms. The zero-order chi connectivity index (χ0) is 20.1. The van der Waals surface area contributed by atoms with E-state index in [1.54, 1.807) is 12.0 Å². The number of ether oxygens (including phenoxy) is 2. The second kappa shape index (κ2) is 9.38. The molecule has 3 heterocycles. The Kier molecular flexibility index (Phi) is 6.90. The Morgan fingerprint density at radius 3 is 2.82 bits per heavy atom. The van der Waals surface area contributed by atoms with Gasteiger partial charge in [0.25, 0.3) is 0 Å². The summed E-state index contributed by atoms with van der Waals surface area (Å²) in [5.74, 6) is 0.0105. The number of rotatable bonds is 6. The van der Waals surface area contributed by atoms with Crippen LogP contribution in [0.4, 0.5) is 4.79 Å². The fourth-order valence-corrected chi connectivity index (χ4v) is 3.93. The fraction of sp³-hybridized carbons (Fsp3) is 0.737. The molecule has 1 saturated heterocycles. The van der Waals surface area contributed by atoms with Crippen LogP contribution in [0.1, 0.15) is 30.7 Å². The Morgan fingerprint density at radius 1 is 1.25 bits per heavy atom. The number of methoxy groups -OCH3 is 2. The molecule has 2 aliphatic rings. The van der Waals surface area contributed by atoms with Gasteiger partial charge >= 0.3 is 6.09 Å². The van der Waals surface area contributed by atoms with E-state index in [1.807, 2.05) is 16.6 Å². The molecule has 28 heavy (non-hydrogen) atoms. The number of likely N-dealkylation sites (tertiary alicyclic amines) is 1. The summed E-state index contributed by atoms with van der Waals surface area (Å²) in [7, 11) is 5.10. The molecule has 1 fully saturated rings. The minimum atomic E-state index is -0.421. The molecule has 9 nitrogen and oxygen atoms in total. The molecule has 3 rings (SSSR count). The Hall–Kier alpha value is -2.13. The third kappa shape index (κ3) is 4.64. The van der Waals surface area contributed by atoms with Crippen LogP contribution < -0.4 is 0 Å². The third-order valence-electron chi connectivity index (χ3n) is 5.47. The van der Waals surface area contributed by atoms with Crippen molar-refractivity contribution in [1.29, 1.82) is 0 Å². The van der Waals surface area contributed by atoms with E-state index in [1.165, 1.54) is 7.11 Å². The maximum absolute atomic E-state index is 13.1. The van der Waals surface area contributed by atoms with Gasteiger partial charge in [-0.05, 0) is 32.4 Å². The molecular formula is C19H31N5O4. The van der Waals surface area contributed by atoms with Crippen molar-refractivity contribution in [2.24, 2.45) is 0 Å². The van der Waals surface area contributed by atoms with Gasteiger partial charge in [0, 0.05) is 33.3 Å². The van der Waals surface area contributed by atoms with Crippen LogP contribution in [0.15, 0.2) is 6.07 Å². The van der Waals surface area contributed by atoms with E-state index in [4.69, 9.17) is 9.47 Å². The monoisotopic (exact) mass is 393 g/mol. The van der Waals surface area contributed by atoms with Crippen molar-refractivity contribution in [2.75, 3.05) is 47.5 Å². The molecule has 1 aromatic heterocycles. The molecular weight excluding hydrogens is 362 g/mol. The molecule has 0 aromatic carbocycles. The van der Waals surface area contributed by atoms with Crippen LogP contribution >= 0.6 is 0 Å². The standard InChI is InChI=1S/C19H31N5O4/c1-21(10-11-27-2)13-15-12-16-14-22(8-9-24(16)20-15)18(25)17-6-4-5-7-23(17)19(26)28-3/h12,17H,4-11,13-14H2,1-3H3/t17-/m0/s1. The number of carbonyl (C=O) groups is 2. The molecule has 9 heteroatoms. The van der Waals surface area contributed by atoms with Crippen molar-refractivity contribution in [3.63, 3.8) is 0 Å². The van der Waals surface area contributed by atoms with Crippen LogP contribution in [0, 0.1) is 0 Å². The van der Waals surface area contributed by atoms with Crippen molar-refractivity contribution < 1.29 is 19.1 Å². The largest absolute Gasteiger partial charge is 0.453 e. The van der Waals surface area contributed by atoms with E-state index in [0.29, 0.717) is 39.2 Å². The van der Waals surface area contributed by atoms with Crippen LogP contribution in [-0.4, -0.2) is 90.0 Å². The van der Waals surface area contributed by atoms with E-state index in [0.717, 1.165) is 37.3 Å². The zero-order valence-electron chi connectivity index (χ0n) is 17.1. The highest BCUT2D eigenvalue weighted by Crippen LogP contribution is 2.22. The number of hydrogen-bond donors (Lipinski definition) is 0. The number of aromatic nitrogens is 2. The Bertz CT molecular complexity index is 692. The average Bonchev–Trinajstić information content (AvgIpc) is 3.12. The molecule has 0 saturated carbocycles. The summed E-state index contributed by atoms with van der Waals surface area (Å²) < 4.78 is 12.0. The van der Waals surface area contributed by atoms with Crippen molar-refractivity contribution in [2.45, 2.75) is 44.9 Å². The molecule has 2 aliphatic heterocycles. The lowest BCUT2D eigenvalue weighted by Gasteiger charge is -2.37. The maximum atomic E-state index is 13.1. The maximum Gasteiger partial charge on any atom is 0.410 e. The molecule has 0 aliphatic carbocycles. The predicted octanol–water partition coefficient (Wildman–Crippen LogP) is 0.924. The molecule has 156 valence electrons. The highest BCUT2D eigenvalue weighted by Gasteiger charge is 2.36. The molecule has 0 radical (unpaired) electrons. The van der Waals surface area contributed by atoms with E-state index in [2.05, 4.69) is 16.1 Å². The van der Waals surface area contributed by atoms with Gasteiger partial charge in [-0.1, -0.05) is 0 Å². The van der Waals surface area contributed by atoms with Crippen LogP contribution in [0.2, 0.25) is 0 Å². The van der Waals surface area contributed by atoms with Crippen LogP contribution in [0.3, 0.4) is 0 Å². The van der Waals surface area contributed by atoms with Gasteiger partial charge < -0.3 is 14.4 Å². The highest BCUT2D eigenvalue weighted by molar-refractivity contribution is 5.86. The smallest absolute Gasteiger partial charge is 0.410 e. The van der Waals surface area contributed by atoms with Crippen molar-refractivity contribution in [3.05, 3.63) is 17.5 Å². The molecule has 0 N–H and O–H groups in total. The topological polar surface area (TPSA) is 80.1 Å². The normalized spacial score (nSPS) is 19.6. The Balaban J connectivity index is 1.64. The number of carbonyl (C=O) groups excluding carboxylic acids is 2. The summed E-state index contributed by atoms with van der Waals surface area (Å²) in [5.41, 5.74) is 2.03. The lowest BCUT2D eigenvalue weighted by atomic mass is 10.0. The van der Waals surface area contributed by atoms with Crippen LogP contribution in [0.5, 0.6) is 0 Å². The number of hydrogen-bond acceptors (Lipinski definition) is 6. The lowest BCUT2D eigenvalue weighted by molar-refractivity contribution is -0.139. The summed E-state index contributed by atoms with van der Waals surface area (Å²) in [6.45, 7) is 4.66. The quantitative estimate of drug-likeness (QED) is 0.715. The third-order valence-corrected chi connectivity index (χ3v) is 5.47.